The SMILES string of the molecule is CC(C)(C)n1ncc(C#N)n1. The highest BCUT2D eigenvalue weighted by molar-refractivity contribution is 5.12. The van der Waals surface area contributed by atoms with E-state index < -0.39 is 0 Å². The molecule has 0 N–H and O–H groups in total. The molecule has 1 rings (SSSR count). The monoisotopic (exact) mass is 150 g/mol. The molecule has 0 spiro atoms. The summed E-state index contributed by atoms with van der Waals surface area (Å²) in [7, 11) is 0. The Bertz CT molecular complexity index is 286. The van der Waals surface area contributed by atoms with Gasteiger partial charge in [-0.05, 0) is 20.8 Å². The van der Waals surface area contributed by atoms with E-state index in [1.165, 1.54) is 11.0 Å². The van der Waals surface area contributed by atoms with Crippen LogP contribution in [0.1, 0.15) is 26.5 Å². The molecule has 0 fully saturated rings. The second-order valence-corrected chi connectivity index (χ2v) is 3.30. The van der Waals surface area contributed by atoms with Gasteiger partial charge in [-0.15, -0.1) is 5.10 Å². The third-order valence-electron chi connectivity index (χ3n) is 1.21. The zero-order chi connectivity index (χ0) is 8.48. The van der Waals surface area contributed by atoms with Crippen LogP contribution in [0, 0.1) is 11.3 Å². The van der Waals surface area contributed by atoms with Crippen LogP contribution < -0.4 is 0 Å². The van der Waals surface area contributed by atoms with Crippen molar-refractivity contribution < 1.29 is 0 Å². The van der Waals surface area contributed by atoms with Crippen LogP contribution in [0.3, 0.4) is 0 Å². The molecular weight excluding hydrogens is 140 g/mol. The number of nitriles is 1. The van der Waals surface area contributed by atoms with E-state index in [9.17, 15) is 0 Å². The summed E-state index contributed by atoms with van der Waals surface area (Å²) in [4.78, 5) is 1.53. The summed E-state index contributed by atoms with van der Waals surface area (Å²) in [6.07, 6.45) is 1.46. The van der Waals surface area contributed by atoms with Crippen molar-refractivity contribution in [2.75, 3.05) is 0 Å². The minimum absolute atomic E-state index is 0.144. The van der Waals surface area contributed by atoms with Crippen LogP contribution in [0.2, 0.25) is 0 Å². The summed E-state index contributed by atoms with van der Waals surface area (Å²) >= 11 is 0. The fourth-order valence-corrected chi connectivity index (χ4v) is 0.637. The van der Waals surface area contributed by atoms with Gasteiger partial charge in [0.05, 0.1) is 11.7 Å². The standard InChI is InChI=1S/C7H10N4/c1-7(2,3)11-9-5-6(4-8)10-11/h5H,1-3H3. The fourth-order valence-electron chi connectivity index (χ4n) is 0.637. The largest absolute Gasteiger partial charge is 0.191 e. The van der Waals surface area contributed by atoms with Crippen LogP contribution in [0.4, 0.5) is 0 Å². The smallest absolute Gasteiger partial charge is 0.182 e. The van der Waals surface area contributed by atoms with Crippen LogP contribution in [-0.2, 0) is 5.54 Å². The second-order valence-electron chi connectivity index (χ2n) is 3.30. The van der Waals surface area contributed by atoms with E-state index in [0.29, 0.717) is 5.69 Å². The van der Waals surface area contributed by atoms with Crippen LogP contribution >= 0.6 is 0 Å². The van der Waals surface area contributed by atoms with E-state index in [1.54, 1.807) is 0 Å². The topological polar surface area (TPSA) is 54.5 Å². The van der Waals surface area contributed by atoms with Gasteiger partial charge >= 0.3 is 0 Å². The Morgan fingerprint density at radius 3 is 2.45 bits per heavy atom. The van der Waals surface area contributed by atoms with Gasteiger partial charge in [0, 0.05) is 0 Å². The zero-order valence-corrected chi connectivity index (χ0v) is 6.87. The minimum Gasteiger partial charge on any atom is -0.191 e. The molecule has 0 aliphatic heterocycles. The van der Waals surface area contributed by atoms with Gasteiger partial charge in [0.25, 0.3) is 0 Å². The highest BCUT2D eigenvalue weighted by atomic mass is 15.5. The lowest BCUT2D eigenvalue weighted by Gasteiger charge is -2.16. The molecule has 0 atom stereocenters. The van der Waals surface area contributed by atoms with E-state index in [2.05, 4.69) is 10.2 Å². The first-order valence-electron chi connectivity index (χ1n) is 3.37. The van der Waals surface area contributed by atoms with E-state index in [-0.39, 0.29) is 5.54 Å². The molecule has 1 heterocycles. The Hall–Kier alpha value is -1.37. The van der Waals surface area contributed by atoms with Crippen molar-refractivity contribution in [1.82, 2.24) is 15.0 Å². The van der Waals surface area contributed by atoms with E-state index >= 15 is 0 Å². The maximum atomic E-state index is 8.45. The van der Waals surface area contributed by atoms with E-state index in [1.807, 2.05) is 26.8 Å². The quantitative estimate of drug-likeness (QED) is 0.552. The molecule has 4 nitrogen and oxygen atoms in total. The zero-order valence-electron chi connectivity index (χ0n) is 6.87. The number of hydrogen-bond acceptors (Lipinski definition) is 3. The lowest BCUT2D eigenvalue weighted by Crippen LogP contribution is -2.24. The van der Waals surface area contributed by atoms with E-state index in [4.69, 9.17) is 5.26 Å². The third-order valence-corrected chi connectivity index (χ3v) is 1.21. The van der Waals surface area contributed by atoms with Crippen LogP contribution in [0.5, 0.6) is 0 Å². The van der Waals surface area contributed by atoms with Crippen molar-refractivity contribution in [1.29, 1.82) is 5.26 Å². The lowest BCUT2D eigenvalue weighted by molar-refractivity contribution is 0.312. The molecule has 0 bridgehead atoms. The number of aromatic nitrogens is 3. The maximum Gasteiger partial charge on any atom is 0.182 e. The van der Waals surface area contributed by atoms with Gasteiger partial charge in [0.2, 0.25) is 0 Å². The fraction of sp³-hybridized carbons (Fsp3) is 0.571. The van der Waals surface area contributed by atoms with Gasteiger partial charge in [-0.1, -0.05) is 0 Å². The van der Waals surface area contributed by atoms with Crippen molar-refractivity contribution in [3.8, 4) is 6.07 Å². The Balaban J connectivity index is 3.01. The van der Waals surface area contributed by atoms with Crippen molar-refractivity contribution >= 4 is 0 Å². The summed E-state index contributed by atoms with van der Waals surface area (Å²) < 4.78 is 0. The van der Waals surface area contributed by atoms with Gasteiger partial charge in [-0.2, -0.15) is 15.2 Å². The average Bonchev–Trinajstić information content (AvgIpc) is 2.32. The number of rotatable bonds is 0. The second kappa shape index (κ2) is 2.35. The van der Waals surface area contributed by atoms with Gasteiger partial charge in [0.1, 0.15) is 6.07 Å². The van der Waals surface area contributed by atoms with Crippen LogP contribution in [0.15, 0.2) is 6.20 Å². The van der Waals surface area contributed by atoms with Crippen molar-refractivity contribution in [2.24, 2.45) is 0 Å². The van der Waals surface area contributed by atoms with Gasteiger partial charge < -0.3 is 0 Å². The van der Waals surface area contributed by atoms with E-state index in [0.717, 1.165) is 0 Å². The lowest BCUT2D eigenvalue weighted by atomic mass is 10.1. The maximum absolute atomic E-state index is 8.45. The molecule has 4 heteroatoms. The predicted molar refractivity (Wildman–Crippen MR) is 39.7 cm³/mol. The van der Waals surface area contributed by atoms with Crippen molar-refractivity contribution in [3.63, 3.8) is 0 Å². The molecule has 0 aliphatic carbocycles. The molecule has 58 valence electrons. The highest BCUT2D eigenvalue weighted by Gasteiger charge is 2.15. The highest BCUT2D eigenvalue weighted by Crippen LogP contribution is 2.09. The average molecular weight is 150 g/mol. The Morgan fingerprint density at radius 1 is 1.55 bits per heavy atom. The molecule has 1 aromatic heterocycles. The Labute approximate surface area is 65.4 Å². The first-order valence-corrected chi connectivity index (χ1v) is 3.37. The Kier molecular flexibility index (Phi) is 1.65. The first kappa shape index (κ1) is 7.73. The molecule has 0 aromatic carbocycles. The molecule has 0 saturated heterocycles. The molecule has 1 aromatic rings. The van der Waals surface area contributed by atoms with Crippen molar-refractivity contribution in [3.05, 3.63) is 11.9 Å². The molecule has 0 unspecified atom stereocenters. The minimum atomic E-state index is -0.144. The van der Waals surface area contributed by atoms with Crippen molar-refractivity contribution in [2.45, 2.75) is 26.3 Å². The molecular formula is C7H10N4. The summed E-state index contributed by atoms with van der Waals surface area (Å²) in [5.41, 5.74) is 0.217. The summed E-state index contributed by atoms with van der Waals surface area (Å²) in [5.74, 6) is 0. The molecule has 11 heavy (non-hydrogen) atoms. The van der Waals surface area contributed by atoms with Gasteiger partial charge in [-0.3, -0.25) is 0 Å². The number of nitrogens with zero attached hydrogens (tertiary/aromatic N) is 4. The molecule has 0 radical (unpaired) electrons. The summed E-state index contributed by atoms with van der Waals surface area (Å²) in [5, 5.41) is 16.3. The van der Waals surface area contributed by atoms with Crippen LogP contribution in [-0.4, -0.2) is 15.0 Å². The summed E-state index contributed by atoms with van der Waals surface area (Å²) in [6, 6.07) is 1.92. The third kappa shape index (κ3) is 1.55. The summed E-state index contributed by atoms with van der Waals surface area (Å²) in [6.45, 7) is 5.94. The first-order chi connectivity index (χ1) is 5.04. The molecule has 0 saturated carbocycles. The van der Waals surface area contributed by atoms with Crippen LogP contribution in [0.25, 0.3) is 0 Å². The predicted octanol–water partition coefficient (Wildman–Crippen LogP) is 0.905. The number of hydrogen-bond donors (Lipinski definition) is 0. The normalized spacial score (nSPS) is 11.1. The van der Waals surface area contributed by atoms with Gasteiger partial charge in [-0.25, -0.2) is 0 Å². The molecule has 0 amide bonds. The Morgan fingerprint density at radius 2 is 2.18 bits per heavy atom. The molecule has 0 aliphatic rings. The van der Waals surface area contributed by atoms with Gasteiger partial charge in [0.15, 0.2) is 5.69 Å².